The normalized spacial score (nSPS) is 10.3. The van der Waals surface area contributed by atoms with Gasteiger partial charge in [0.1, 0.15) is 0 Å². The Hall–Kier alpha value is -1.99. The molecule has 6 nitrogen and oxygen atoms in total. The van der Waals surface area contributed by atoms with Crippen molar-refractivity contribution in [2.24, 2.45) is 5.84 Å². The van der Waals surface area contributed by atoms with Crippen LogP contribution in [0.15, 0.2) is 23.8 Å². The Morgan fingerprint density at radius 2 is 2.33 bits per heavy atom. The van der Waals surface area contributed by atoms with Crippen molar-refractivity contribution in [2.45, 2.75) is 13.5 Å². The van der Waals surface area contributed by atoms with E-state index in [4.69, 9.17) is 5.84 Å². The van der Waals surface area contributed by atoms with Gasteiger partial charge in [0.15, 0.2) is 5.78 Å². The summed E-state index contributed by atoms with van der Waals surface area (Å²) in [6.45, 7) is 1.92. The number of carbonyl (C=O) groups is 2. The number of nitrogens with one attached hydrogen (secondary N) is 1. The summed E-state index contributed by atoms with van der Waals surface area (Å²) in [5, 5.41) is 5.89. The maximum atomic E-state index is 11.5. The molecule has 0 radical (unpaired) electrons. The van der Waals surface area contributed by atoms with Crippen molar-refractivity contribution in [3.05, 3.63) is 39.8 Å². The molecule has 0 saturated carbocycles. The van der Waals surface area contributed by atoms with E-state index in [0.717, 1.165) is 5.56 Å². The van der Waals surface area contributed by atoms with Gasteiger partial charge in [0.25, 0.3) is 5.91 Å². The van der Waals surface area contributed by atoms with Gasteiger partial charge in [-0.05, 0) is 23.9 Å². The summed E-state index contributed by atoms with van der Waals surface area (Å²) in [7, 11) is 0. The van der Waals surface area contributed by atoms with Crippen LogP contribution < -0.4 is 11.3 Å². The van der Waals surface area contributed by atoms with Crippen LogP contribution >= 0.6 is 11.3 Å². The van der Waals surface area contributed by atoms with Gasteiger partial charge in [-0.15, -0.1) is 11.3 Å². The van der Waals surface area contributed by atoms with Crippen molar-refractivity contribution in [3.8, 4) is 0 Å². The lowest BCUT2D eigenvalue weighted by Gasteiger charge is -2.02. The molecule has 2 rings (SSSR count). The first-order chi connectivity index (χ1) is 8.61. The molecule has 0 aromatic carbocycles. The van der Waals surface area contributed by atoms with Gasteiger partial charge in [-0.2, -0.15) is 5.10 Å². The highest BCUT2D eigenvalue weighted by Crippen LogP contribution is 2.17. The number of Topliss-reactive ketones (excluding diaryl/α,β-unsaturated/α-hetero) is 1. The fourth-order valence-electron chi connectivity index (χ4n) is 1.53. The van der Waals surface area contributed by atoms with Crippen LogP contribution in [0.3, 0.4) is 0 Å². The van der Waals surface area contributed by atoms with Crippen LogP contribution in [0.2, 0.25) is 0 Å². The van der Waals surface area contributed by atoms with Crippen LogP contribution in [-0.4, -0.2) is 21.5 Å². The standard InChI is InChI=1S/C11H12N4O2S/c1-7(16)9-4-13-15(6-9)5-8-2-3-18-10(8)11(17)14-12/h2-4,6H,5,12H2,1H3,(H,14,17). The minimum absolute atomic E-state index is 0.0357. The van der Waals surface area contributed by atoms with Crippen LogP contribution in [0.1, 0.15) is 32.5 Å². The van der Waals surface area contributed by atoms with Crippen LogP contribution in [-0.2, 0) is 6.54 Å². The highest BCUT2D eigenvalue weighted by molar-refractivity contribution is 7.12. The summed E-state index contributed by atoms with van der Waals surface area (Å²) in [4.78, 5) is 23.2. The number of rotatable bonds is 4. The third-order valence-corrected chi connectivity index (χ3v) is 3.41. The monoisotopic (exact) mass is 264 g/mol. The molecular weight excluding hydrogens is 252 g/mol. The summed E-state index contributed by atoms with van der Waals surface area (Å²) in [6, 6.07) is 1.84. The van der Waals surface area contributed by atoms with Crippen molar-refractivity contribution in [1.82, 2.24) is 15.2 Å². The van der Waals surface area contributed by atoms with Gasteiger partial charge in [-0.25, -0.2) is 5.84 Å². The van der Waals surface area contributed by atoms with Gasteiger partial charge in [-0.3, -0.25) is 19.7 Å². The molecule has 18 heavy (non-hydrogen) atoms. The van der Waals surface area contributed by atoms with Gasteiger partial charge in [0.2, 0.25) is 0 Å². The maximum Gasteiger partial charge on any atom is 0.275 e. The molecule has 3 N–H and O–H groups in total. The summed E-state index contributed by atoms with van der Waals surface area (Å²) < 4.78 is 1.62. The molecule has 0 aliphatic carbocycles. The molecule has 0 spiro atoms. The van der Waals surface area contributed by atoms with Crippen molar-refractivity contribution in [2.75, 3.05) is 0 Å². The van der Waals surface area contributed by atoms with Gasteiger partial charge in [-0.1, -0.05) is 0 Å². The number of amides is 1. The van der Waals surface area contributed by atoms with Crippen LogP contribution in [0.25, 0.3) is 0 Å². The Balaban J connectivity index is 2.20. The quantitative estimate of drug-likeness (QED) is 0.370. The predicted octanol–water partition coefficient (Wildman–Crippen LogP) is 0.799. The molecule has 0 aliphatic rings. The van der Waals surface area contributed by atoms with E-state index in [2.05, 4.69) is 10.5 Å². The second-order valence-corrected chi connectivity index (χ2v) is 4.65. The molecular formula is C11H12N4O2S. The third-order valence-electron chi connectivity index (χ3n) is 2.46. The van der Waals surface area contributed by atoms with E-state index in [0.29, 0.717) is 17.0 Å². The van der Waals surface area contributed by atoms with E-state index in [1.807, 2.05) is 11.4 Å². The Morgan fingerprint density at radius 3 is 2.94 bits per heavy atom. The van der Waals surface area contributed by atoms with E-state index in [-0.39, 0.29) is 11.7 Å². The summed E-state index contributed by atoms with van der Waals surface area (Å²) >= 11 is 1.31. The molecule has 2 aromatic rings. The molecule has 2 heterocycles. The Labute approximate surface area is 107 Å². The van der Waals surface area contributed by atoms with Gasteiger partial charge in [0, 0.05) is 6.20 Å². The highest BCUT2D eigenvalue weighted by atomic mass is 32.1. The van der Waals surface area contributed by atoms with Crippen LogP contribution in [0.4, 0.5) is 0 Å². The fraction of sp³-hybridized carbons (Fsp3) is 0.182. The maximum absolute atomic E-state index is 11.5. The van der Waals surface area contributed by atoms with E-state index in [9.17, 15) is 9.59 Å². The molecule has 0 unspecified atom stereocenters. The predicted molar refractivity (Wildman–Crippen MR) is 67.3 cm³/mol. The average Bonchev–Trinajstić information content (AvgIpc) is 2.97. The lowest BCUT2D eigenvalue weighted by molar-refractivity contribution is 0.0955. The summed E-state index contributed by atoms with van der Waals surface area (Å²) in [5.74, 6) is 4.75. The number of carbonyl (C=O) groups excluding carboxylic acids is 2. The molecule has 0 atom stereocenters. The van der Waals surface area contributed by atoms with E-state index in [1.54, 1.807) is 10.9 Å². The zero-order chi connectivity index (χ0) is 13.1. The number of ketones is 1. The third kappa shape index (κ3) is 2.47. The number of thiophene rings is 1. The average molecular weight is 264 g/mol. The molecule has 0 fully saturated rings. The summed E-state index contributed by atoms with van der Waals surface area (Å²) in [5.41, 5.74) is 3.48. The molecule has 2 aromatic heterocycles. The van der Waals surface area contributed by atoms with Crippen molar-refractivity contribution < 1.29 is 9.59 Å². The van der Waals surface area contributed by atoms with Crippen molar-refractivity contribution in [1.29, 1.82) is 0 Å². The number of aromatic nitrogens is 2. The fourth-order valence-corrected chi connectivity index (χ4v) is 2.35. The lowest BCUT2D eigenvalue weighted by atomic mass is 10.2. The second-order valence-electron chi connectivity index (χ2n) is 3.73. The Bertz CT molecular complexity index is 587. The molecule has 94 valence electrons. The Morgan fingerprint density at radius 1 is 1.56 bits per heavy atom. The number of nitrogens with zero attached hydrogens (tertiary/aromatic N) is 2. The zero-order valence-corrected chi connectivity index (χ0v) is 10.5. The summed E-state index contributed by atoms with van der Waals surface area (Å²) in [6.07, 6.45) is 3.17. The largest absolute Gasteiger partial charge is 0.294 e. The highest BCUT2D eigenvalue weighted by Gasteiger charge is 2.13. The first-order valence-corrected chi connectivity index (χ1v) is 6.10. The molecule has 7 heteroatoms. The lowest BCUT2D eigenvalue weighted by Crippen LogP contribution is -2.30. The smallest absolute Gasteiger partial charge is 0.275 e. The molecule has 1 amide bonds. The Kier molecular flexibility index (Phi) is 3.54. The zero-order valence-electron chi connectivity index (χ0n) is 9.71. The first kappa shape index (κ1) is 12.5. The van der Waals surface area contributed by atoms with Crippen molar-refractivity contribution >= 4 is 23.0 Å². The van der Waals surface area contributed by atoms with Crippen LogP contribution in [0.5, 0.6) is 0 Å². The number of nitrogen functional groups attached to an aromatic ring is 1. The number of hydrogen-bond donors (Lipinski definition) is 2. The second kappa shape index (κ2) is 5.11. The first-order valence-electron chi connectivity index (χ1n) is 5.22. The SMILES string of the molecule is CC(=O)c1cnn(Cc2ccsc2C(=O)NN)c1. The number of nitrogens with two attached hydrogens (primary N) is 1. The minimum Gasteiger partial charge on any atom is -0.294 e. The topological polar surface area (TPSA) is 90.0 Å². The van der Waals surface area contributed by atoms with Gasteiger partial charge < -0.3 is 0 Å². The van der Waals surface area contributed by atoms with Gasteiger partial charge in [0.05, 0.1) is 23.2 Å². The number of hydrogen-bond acceptors (Lipinski definition) is 5. The van der Waals surface area contributed by atoms with E-state index >= 15 is 0 Å². The molecule has 0 saturated heterocycles. The van der Waals surface area contributed by atoms with Gasteiger partial charge >= 0.3 is 0 Å². The molecule has 0 bridgehead atoms. The van der Waals surface area contributed by atoms with E-state index in [1.165, 1.54) is 24.5 Å². The van der Waals surface area contributed by atoms with Crippen LogP contribution in [0, 0.1) is 0 Å². The van der Waals surface area contributed by atoms with E-state index < -0.39 is 0 Å². The minimum atomic E-state index is -0.320. The van der Waals surface area contributed by atoms with Crippen molar-refractivity contribution in [3.63, 3.8) is 0 Å². The molecule has 0 aliphatic heterocycles. The number of hydrazine groups is 1.